The van der Waals surface area contributed by atoms with Gasteiger partial charge in [-0.3, -0.25) is 4.90 Å². The molecule has 0 spiro atoms. The lowest BCUT2D eigenvalue weighted by atomic mass is 9.81. The number of methoxy groups -OCH3 is 2. The summed E-state index contributed by atoms with van der Waals surface area (Å²) >= 11 is 0. The summed E-state index contributed by atoms with van der Waals surface area (Å²) in [6, 6.07) is 18.2. The third-order valence-corrected chi connectivity index (χ3v) is 6.24. The molecule has 2 atom stereocenters. The molecule has 2 unspecified atom stereocenters. The van der Waals surface area contributed by atoms with Crippen LogP contribution in [0.5, 0.6) is 0 Å². The molecule has 1 saturated heterocycles. The van der Waals surface area contributed by atoms with Gasteiger partial charge in [-0.2, -0.15) is 5.26 Å². The Labute approximate surface area is 203 Å². The molecule has 9 heteroatoms. The maximum atomic E-state index is 13.2. The van der Waals surface area contributed by atoms with Crippen molar-refractivity contribution < 1.29 is 24.2 Å². The molecule has 35 heavy (non-hydrogen) atoms. The van der Waals surface area contributed by atoms with Crippen LogP contribution in [-0.2, 0) is 19.1 Å². The van der Waals surface area contributed by atoms with Crippen molar-refractivity contribution in [3.8, 4) is 6.07 Å². The van der Waals surface area contributed by atoms with Crippen LogP contribution in [0.1, 0.15) is 17.9 Å². The maximum absolute atomic E-state index is 13.2. The van der Waals surface area contributed by atoms with Crippen molar-refractivity contribution in [3.63, 3.8) is 0 Å². The summed E-state index contributed by atoms with van der Waals surface area (Å²) in [4.78, 5) is 29.8. The number of anilines is 2. The van der Waals surface area contributed by atoms with Gasteiger partial charge in [0.15, 0.2) is 0 Å². The third kappa shape index (κ3) is 4.20. The topological polar surface area (TPSA) is 129 Å². The van der Waals surface area contributed by atoms with E-state index in [-0.39, 0.29) is 22.7 Å². The molecule has 1 fully saturated rings. The fourth-order valence-corrected chi connectivity index (χ4v) is 4.64. The van der Waals surface area contributed by atoms with Crippen molar-refractivity contribution in [2.75, 3.05) is 37.1 Å². The van der Waals surface area contributed by atoms with Crippen LogP contribution >= 0.6 is 0 Å². The molecule has 0 radical (unpaired) electrons. The lowest BCUT2D eigenvalue weighted by molar-refractivity contribution is -0.139. The van der Waals surface area contributed by atoms with Crippen molar-refractivity contribution in [2.45, 2.75) is 18.4 Å². The summed E-state index contributed by atoms with van der Waals surface area (Å²) in [5, 5.41) is 20.3. The molecule has 9 nitrogen and oxygen atoms in total. The number of allylic oxidation sites excluding steroid dienone is 1. The molecule has 0 saturated carbocycles. The van der Waals surface area contributed by atoms with Gasteiger partial charge in [0, 0.05) is 13.1 Å². The smallest absolute Gasteiger partial charge is 0.355 e. The first-order valence-electron chi connectivity index (χ1n) is 11.1. The second-order valence-electron chi connectivity index (χ2n) is 8.21. The number of nitriles is 1. The number of para-hydroxylation sites is 2. The molecule has 2 aliphatic rings. The number of nitrogens with two attached hydrogens (primary N) is 1. The van der Waals surface area contributed by atoms with Crippen LogP contribution in [0.2, 0.25) is 0 Å². The minimum atomic E-state index is -0.931. The highest BCUT2D eigenvalue weighted by atomic mass is 16.5. The number of nitrogens with zero attached hydrogens (tertiary/aromatic N) is 3. The highest BCUT2D eigenvalue weighted by Crippen LogP contribution is 2.45. The minimum absolute atomic E-state index is 0.00148. The normalized spacial score (nSPS) is 20.1. The van der Waals surface area contributed by atoms with Crippen molar-refractivity contribution in [2.24, 2.45) is 5.73 Å². The molecule has 180 valence electrons. The first-order valence-corrected chi connectivity index (χ1v) is 11.1. The molecule has 0 aromatic heterocycles. The second-order valence-corrected chi connectivity index (χ2v) is 8.21. The molecule has 2 aromatic rings. The average Bonchev–Trinajstić information content (AvgIpc) is 3.33. The van der Waals surface area contributed by atoms with Crippen LogP contribution in [0.4, 0.5) is 11.4 Å². The summed E-state index contributed by atoms with van der Waals surface area (Å²) in [6.45, 7) is 0.988. The van der Waals surface area contributed by atoms with Gasteiger partial charge >= 0.3 is 11.9 Å². The number of ether oxygens (including phenoxy) is 2. The molecule has 0 amide bonds. The van der Waals surface area contributed by atoms with E-state index in [4.69, 9.17) is 15.2 Å². The number of hydrogen-bond acceptors (Lipinski definition) is 9. The summed E-state index contributed by atoms with van der Waals surface area (Å²) in [5.74, 6) is -2.51. The number of esters is 2. The van der Waals surface area contributed by atoms with Crippen LogP contribution in [0.15, 0.2) is 77.3 Å². The number of rotatable bonds is 5. The quantitative estimate of drug-likeness (QED) is 0.626. The first-order chi connectivity index (χ1) is 16.9. The maximum Gasteiger partial charge on any atom is 0.355 e. The highest BCUT2D eigenvalue weighted by molar-refractivity contribution is 6.07. The van der Waals surface area contributed by atoms with Gasteiger partial charge in [-0.15, -0.1) is 0 Å². The van der Waals surface area contributed by atoms with Gasteiger partial charge < -0.3 is 25.2 Å². The standard InChI is InChI=1S/C26H26N4O5/c1-34-25(32)22-21(16-8-4-3-5-9-16)18(14-27)24(28)30(23(22)26(33)35-2)20-11-7-6-10-19(20)29-13-12-17(31)15-29/h3-11,17,21,31H,12-13,15,28H2,1-2H3. The number of hydrogen-bond donors (Lipinski definition) is 2. The van der Waals surface area contributed by atoms with E-state index < -0.39 is 24.0 Å². The average molecular weight is 475 g/mol. The van der Waals surface area contributed by atoms with E-state index in [9.17, 15) is 20.0 Å². The number of carbonyl (C=O) groups excluding carboxylic acids is 2. The van der Waals surface area contributed by atoms with Crippen LogP contribution in [-0.4, -0.2) is 50.5 Å². The van der Waals surface area contributed by atoms with Gasteiger partial charge in [0.25, 0.3) is 0 Å². The highest BCUT2D eigenvalue weighted by Gasteiger charge is 2.43. The Bertz CT molecular complexity index is 1250. The van der Waals surface area contributed by atoms with Crippen molar-refractivity contribution >= 4 is 23.3 Å². The predicted molar refractivity (Wildman–Crippen MR) is 129 cm³/mol. The van der Waals surface area contributed by atoms with E-state index in [0.29, 0.717) is 36.4 Å². The molecular formula is C26H26N4O5. The van der Waals surface area contributed by atoms with Crippen molar-refractivity contribution in [1.82, 2.24) is 0 Å². The van der Waals surface area contributed by atoms with Gasteiger partial charge in [0.2, 0.25) is 0 Å². The largest absolute Gasteiger partial charge is 0.466 e. The van der Waals surface area contributed by atoms with Gasteiger partial charge in [0.05, 0.1) is 54.8 Å². The Morgan fingerprint density at radius 3 is 2.23 bits per heavy atom. The molecule has 2 heterocycles. The second kappa shape index (κ2) is 9.91. The molecular weight excluding hydrogens is 448 g/mol. The Balaban J connectivity index is 2.03. The van der Waals surface area contributed by atoms with Gasteiger partial charge in [-0.25, -0.2) is 9.59 Å². The van der Waals surface area contributed by atoms with Crippen LogP contribution in [0.3, 0.4) is 0 Å². The summed E-state index contributed by atoms with van der Waals surface area (Å²) in [5.41, 5.74) is 8.28. The Kier molecular flexibility index (Phi) is 6.75. The van der Waals surface area contributed by atoms with E-state index >= 15 is 0 Å². The van der Waals surface area contributed by atoms with Gasteiger partial charge in [0.1, 0.15) is 11.5 Å². The Hall–Kier alpha value is -4.29. The molecule has 0 bridgehead atoms. The molecule has 2 aliphatic heterocycles. The first kappa shape index (κ1) is 23.9. The number of aliphatic hydroxyl groups excluding tert-OH is 1. The fourth-order valence-electron chi connectivity index (χ4n) is 4.64. The SMILES string of the molecule is COC(=O)C1=C(C(=O)OC)N(c2ccccc2N2CCC(O)C2)C(N)=C(C#N)C1c1ccccc1. The van der Waals surface area contributed by atoms with E-state index in [2.05, 4.69) is 6.07 Å². The summed E-state index contributed by atoms with van der Waals surface area (Å²) in [7, 11) is 2.42. The van der Waals surface area contributed by atoms with Gasteiger partial charge in [-0.05, 0) is 24.1 Å². The van der Waals surface area contributed by atoms with Gasteiger partial charge in [-0.1, -0.05) is 42.5 Å². The molecule has 0 aliphatic carbocycles. The fraction of sp³-hybridized carbons (Fsp3) is 0.269. The number of β-amino-alcohol motifs (C(OH)–C–C–N with tert-alkyl or cyclic N) is 1. The summed E-state index contributed by atoms with van der Waals surface area (Å²) in [6.07, 6.45) is 0.0995. The van der Waals surface area contributed by atoms with Crippen LogP contribution < -0.4 is 15.5 Å². The number of benzene rings is 2. The number of aliphatic hydroxyl groups is 1. The Morgan fingerprint density at radius 2 is 1.66 bits per heavy atom. The Morgan fingerprint density at radius 1 is 1.03 bits per heavy atom. The van der Waals surface area contributed by atoms with Crippen LogP contribution in [0, 0.1) is 11.3 Å². The zero-order valence-electron chi connectivity index (χ0n) is 19.5. The zero-order valence-corrected chi connectivity index (χ0v) is 19.5. The van der Waals surface area contributed by atoms with E-state index in [1.165, 1.54) is 19.1 Å². The molecule has 4 rings (SSSR count). The third-order valence-electron chi connectivity index (χ3n) is 6.24. The molecule has 2 aromatic carbocycles. The van der Waals surface area contributed by atoms with Crippen molar-refractivity contribution in [3.05, 3.63) is 82.8 Å². The van der Waals surface area contributed by atoms with Crippen molar-refractivity contribution in [1.29, 1.82) is 5.26 Å². The minimum Gasteiger partial charge on any atom is -0.466 e. The monoisotopic (exact) mass is 474 g/mol. The number of carbonyl (C=O) groups is 2. The predicted octanol–water partition coefficient (Wildman–Crippen LogP) is 2.16. The lowest BCUT2D eigenvalue weighted by Gasteiger charge is -2.37. The van der Waals surface area contributed by atoms with E-state index in [1.54, 1.807) is 42.5 Å². The summed E-state index contributed by atoms with van der Waals surface area (Å²) < 4.78 is 10.2. The van der Waals surface area contributed by atoms with Crippen LogP contribution in [0.25, 0.3) is 0 Å². The van der Waals surface area contributed by atoms with E-state index in [0.717, 1.165) is 0 Å². The lowest BCUT2D eigenvalue weighted by Crippen LogP contribution is -2.41. The van der Waals surface area contributed by atoms with E-state index in [1.807, 2.05) is 17.0 Å². The molecule has 3 N–H and O–H groups in total. The zero-order chi connectivity index (χ0) is 25.1.